The number of anilines is 1. The smallest absolute Gasteiger partial charge is 0.161 e. The van der Waals surface area contributed by atoms with Crippen molar-refractivity contribution in [1.82, 2.24) is 0 Å². The van der Waals surface area contributed by atoms with E-state index in [0.29, 0.717) is 5.25 Å². The van der Waals surface area contributed by atoms with E-state index in [-0.39, 0.29) is 0 Å². The van der Waals surface area contributed by atoms with Crippen LogP contribution in [0.4, 0.5) is 5.69 Å². The van der Waals surface area contributed by atoms with Crippen LogP contribution in [0.15, 0.2) is 21.6 Å². The van der Waals surface area contributed by atoms with Crippen LogP contribution in [0, 0.1) is 19.8 Å². The number of rotatable bonds is 4. The van der Waals surface area contributed by atoms with Crippen LogP contribution in [0.5, 0.6) is 0 Å². The Kier molecular flexibility index (Phi) is 5.56. The maximum absolute atomic E-state index is 4.68. The van der Waals surface area contributed by atoms with Gasteiger partial charge in [-0.05, 0) is 52.9 Å². The SMILES string of the molecule is CCC(CC)C1CN=C(Nc2c(C)cc(C)cc2Br)S1. The van der Waals surface area contributed by atoms with Gasteiger partial charge in [-0.3, -0.25) is 4.99 Å². The topological polar surface area (TPSA) is 24.4 Å². The van der Waals surface area contributed by atoms with E-state index in [0.717, 1.165) is 27.8 Å². The first-order valence-corrected chi connectivity index (χ1v) is 8.97. The summed E-state index contributed by atoms with van der Waals surface area (Å²) < 4.78 is 1.12. The van der Waals surface area contributed by atoms with Gasteiger partial charge < -0.3 is 5.32 Å². The Balaban J connectivity index is 2.06. The summed E-state index contributed by atoms with van der Waals surface area (Å²) in [7, 11) is 0. The average molecular weight is 355 g/mol. The van der Waals surface area contributed by atoms with Crippen LogP contribution in [-0.4, -0.2) is 17.0 Å². The van der Waals surface area contributed by atoms with Crippen molar-refractivity contribution < 1.29 is 0 Å². The third kappa shape index (κ3) is 3.59. The molecule has 0 saturated heterocycles. The zero-order valence-corrected chi connectivity index (χ0v) is 15.1. The fourth-order valence-corrected chi connectivity index (χ4v) is 4.80. The molecule has 1 N–H and O–H groups in total. The zero-order chi connectivity index (χ0) is 14.7. The summed E-state index contributed by atoms with van der Waals surface area (Å²) in [4.78, 5) is 4.68. The minimum absolute atomic E-state index is 0.636. The van der Waals surface area contributed by atoms with Gasteiger partial charge in [0.2, 0.25) is 0 Å². The Hall–Kier alpha value is -0.480. The van der Waals surface area contributed by atoms with Crippen LogP contribution >= 0.6 is 27.7 Å². The summed E-state index contributed by atoms with van der Waals surface area (Å²) in [6.45, 7) is 9.76. The second-order valence-corrected chi connectivity index (χ2v) is 7.52. The summed E-state index contributed by atoms with van der Waals surface area (Å²) in [6, 6.07) is 4.35. The van der Waals surface area contributed by atoms with Crippen LogP contribution in [0.1, 0.15) is 37.8 Å². The lowest BCUT2D eigenvalue weighted by molar-refractivity contribution is 0.479. The normalized spacial score (nSPS) is 18.5. The minimum Gasteiger partial charge on any atom is -0.334 e. The number of benzene rings is 1. The number of halogens is 1. The molecule has 110 valence electrons. The van der Waals surface area contributed by atoms with Gasteiger partial charge in [0.25, 0.3) is 0 Å². The van der Waals surface area contributed by atoms with Crippen molar-refractivity contribution >= 4 is 38.5 Å². The van der Waals surface area contributed by atoms with Gasteiger partial charge in [0.05, 0.1) is 12.2 Å². The maximum atomic E-state index is 4.68. The van der Waals surface area contributed by atoms with E-state index in [1.54, 1.807) is 0 Å². The van der Waals surface area contributed by atoms with Crippen LogP contribution in [-0.2, 0) is 0 Å². The molecular weight excluding hydrogens is 332 g/mol. The molecule has 0 radical (unpaired) electrons. The molecule has 0 saturated carbocycles. The number of hydrogen-bond donors (Lipinski definition) is 1. The van der Waals surface area contributed by atoms with Gasteiger partial charge in [0, 0.05) is 9.72 Å². The Bertz CT molecular complexity index is 486. The Labute approximate surface area is 135 Å². The van der Waals surface area contributed by atoms with Crippen molar-refractivity contribution in [3.8, 4) is 0 Å². The lowest BCUT2D eigenvalue weighted by atomic mass is 9.99. The van der Waals surface area contributed by atoms with Crippen LogP contribution in [0.3, 0.4) is 0 Å². The molecule has 1 unspecified atom stereocenters. The Morgan fingerprint density at radius 2 is 2.05 bits per heavy atom. The number of aliphatic imine (C=N–C) groups is 1. The molecule has 0 aliphatic carbocycles. The number of thioether (sulfide) groups is 1. The van der Waals surface area contributed by atoms with Gasteiger partial charge >= 0.3 is 0 Å². The summed E-state index contributed by atoms with van der Waals surface area (Å²) >= 11 is 5.55. The fraction of sp³-hybridized carbons (Fsp3) is 0.562. The maximum Gasteiger partial charge on any atom is 0.161 e. The fourth-order valence-electron chi connectivity index (χ4n) is 2.70. The van der Waals surface area contributed by atoms with Crippen molar-refractivity contribution in [3.63, 3.8) is 0 Å². The van der Waals surface area contributed by atoms with Gasteiger partial charge in [-0.25, -0.2) is 0 Å². The van der Waals surface area contributed by atoms with Gasteiger partial charge in [-0.2, -0.15) is 0 Å². The monoisotopic (exact) mass is 354 g/mol. The molecule has 2 nitrogen and oxygen atoms in total. The van der Waals surface area contributed by atoms with E-state index in [1.165, 1.54) is 24.0 Å². The quantitative estimate of drug-likeness (QED) is 0.784. The third-order valence-electron chi connectivity index (χ3n) is 3.92. The summed E-state index contributed by atoms with van der Waals surface area (Å²) in [5.74, 6) is 0.769. The summed E-state index contributed by atoms with van der Waals surface area (Å²) in [5, 5.41) is 5.20. The van der Waals surface area contributed by atoms with Crippen molar-refractivity contribution in [2.45, 2.75) is 45.8 Å². The molecule has 1 aromatic rings. The second-order valence-electron chi connectivity index (χ2n) is 5.44. The summed E-state index contributed by atoms with van der Waals surface area (Å²) in [5.41, 5.74) is 3.68. The van der Waals surface area contributed by atoms with Crippen molar-refractivity contribution in [3.05, 3.63) is 27.7 Å². The van der Waals surface area contributed by atoms with Gasteiger partial charge in [0.15, 0.2) is 5.17 Å². The van der Waals surface area contributed by atoms with Crippen molar-refractivity contribution in [2.75, 3.05) is 11.9 Å². The molecule has 1 aromatic carbocycles. The lowest BCUT2D eigenvalue weighted by Crippen LogP contribution is -2.17. The molecule has 0 amide bonds. The highest BCUT2D eigenvalue weighted by Crippen LogP contribution is 2.34. The first kappa shape index (κ1) is 15.9. The molecule has 4 heteroatoms. The van der Waals surface area contributed by atoms with Crippen LogP contribution in [0.2, 0.25) is 0 Å². The van der Waals surface area contributed by atoms with Gasteiger partial charge in [-0.1, -0.05) is 44.5 Å². The lowest BCUT2D eigenvalue weighted by Gasteiger charge is -2.19. The number of nitrogens with one attached hydrogen (secondary N) is 1. The molecule has 1 heterocycles. The van der Waals surface area contributed by atoms with Crippen molar-refractivity contribution in [1.29, 1.82) is 0 Å². The van der Waals surface area contributed by atoms with E-state index >= 15 is 0 Å². The van der Waals surface area contributed by atoms with Crippen LogP contribution in [0.25, 0.3) is 0 Å². The Morgan fingerprint density at radius 3 is 2.65 bits per heavy atom. The van der Waals surface area contributed by atoms with Gasteiger partial charge in [0.1, 0.15) is 0 Å². The van der Waals surface area contributed by atoms with Gasteiger partial charge in [-0.15, -0.1) is 0 Å². The van der Waals surface area contributed by atoms with E-state index in [4.69, 9.17) is 0 Å². The summed E-state index contributed by atoms with van der Waals surface area (Å²) in [6.07, 6.45) is 2.48. The first-order valence-electron chi connectivity index (χ1n) is 7.30. The highest BCUT2D eigenvalue weighted by molar-refractivity contribution is 9.10. The molecule has 20 heavy (non-hydrogen) atoms. The highest BCUT2D eigenvalue weighted by atomic mass is 79.9. The molecule has 0 spiro atoms. The molecule has 0 fully saturated rings. The van der Waals surface area contributed by atoms with E-state index in [1.807, 2.05) is 11.8 Å². The molecule has 0 aromatic heterocycles. The second kappa shape index (κ2) is 6.99. The predicted molar refractivity (Wildman–Crippen MR) is 95.0 cm³/mol. The largest absolute Gasteiger partial charge is 0.334 e. The average Bonchev–Trinajstić information content (AvgIpc) is 2.84. The number of aryl methyl sites for hydroxylation is 2. The number of nitrogens with zero attached hydrogens (tertiary/aromatic N) is 1. The first-order chi connectivity index (χ1) is 9.55. The molecule has 2 rings (SSSR count). The molecule has 1 aliphatic heterocycles. The van der Waals surface area contributed by atoms with E-state index < -0.39 is 0 Å². The Morgan fingerprint density at radius 1 is 1.35 bits per heavy atom. The molecular formula is C16H23BrN2S. The standard InChI is InChI=1S/C16H23BrN2S/c1-5-12(6-2)14-9-18-16(20-14)19-15-11(4)7-10(3)8-13(15)17/h7-8,12,14H,5-6,9H2,1-4H3,(H,18,19). The van der Waals surface area contributed by atoms with E-state index in [9.17, 15) is 0 Å². The minimum atomic E-state index is 0.636. The molecule has 0 bridgehead atoms. The zero-order valence-electron chi connectivity index (χ0n) is 12.7. The third-order valence-corrected chi connectivity index (χ3v) is 5.83. The van der Waals surface area contributed by atoms with Crippen molar-refractivity contribution in [2.24, 2.45) is 10.9 Å². The molecule has 1 atom stereocenters. The van der Waals surface area contributed by atoms with E-state index in [2.05, 4.69) is 66.1 Å². The highest BCUT2D eigenvalue weighted by Gasteiger charge is 2.26. The number of hydrogen-bond acceptors (Lipinski definition) is 3. The number of amidine groups is 1. The predicted octanol–water partition coefficient (Wildman–Crippen LogP) is 5.39. The molecule has 1 aliphatic rings. The van der Waals surface area contributed by atoms with Crippen LogP contribution < -0.4 is 5.32 Å².